The zero-order chi connectivity index (χ0) is 15.6. The van der Waals surface area contributed by atoms with E-state index >= 15 is 0 Å². The molecule has 0 aliphatic rings. The molecule has 0 saturated heterocycles. The summed E-state index contributed by atoms with van der Waals surface area (Å²) in [5.74, 6) is 0.776. The molecule has 1 aromatic heterocycles. The molecule has 1 atom stereocenters. The highest BCUT2D eigenvalue weighted by atomic mass is 79.9. The standard InChI is InChI=1S/C15H19BrClN3O/c1-9(18)6-11-4-5-14(12(16)7-11)21-8-13-15(17)10(2)19-20(13)3/h4-5,7,9H,6,8,18H2,1-3H3. The lowest BCUT2D eigenvalue weighted by molar-refractivity contribution is 0.293. The van der Waals surface area contributed by atoms with Gasteiger partial charge in [-0.15, -0.1) is 0 Å². The molecule has 0 amide bonds. The number of benzene rings is 1. The van der Waals surface area contributed by atoms with Crippen LogP contribution < -0.4 is 10.5 Å². The Morgan fingerprint density at radius 3 is 2.71 bits per heavy atom. The maximum absolute atomic E-state index is 6.21. The van der Waals surface area contributed by atoms with E-state index in [0.29, 0.717) is 11.6 Å². The van der Waals surface area contributed by atoms with E-state index in [9.17, 15) is 0 Å². The van der Waals surface area contributed by atoms with Gasteiger partial charge in [0.2, 0.25) is 0 Å². The van der Waals surface area contributed by atoms with Gasteiger partial charge in [0.25, 0.3) is 0 Å². The van der Waals surface area contributed by atoms with Gasteiger partial charge in [0.15, 0.2) is 0 Å². The fourth-order valence-electron chi connectivity index (χ4n) is 2.14. The molecule has 0 bridgehead atoms. The molecule has 21 heavy (non-hydrogen) atoms. The van der Waals surface area contributed by atoms with Crippen molar-refractivity contribution in [1.29, 1.82) is 0 Å². The van der Waals surface area contributed by atoms with Crippen LogP contribution in [0.5, 0.6) is 5.75 Å². The van der Waals surface area contributed by atoms with Gasteiger partial charge in [-0.1, -0.05) is 17.7 Å². The van der Waals surface area contributed by atoms with E-state index in [2.05, 4.69) is 21.0 Å². The van der Waals surface area contributed by atoms with Gasteiger partial charge < -0.3 is 10.5 Å². The van der Waals surface area contributed by atoms with Crippen molar-refractivity contribution in [2.45, 2.75) is 32.9 Å². The molecule has 2 N–H and O–H groups in total. The fourth-order valence-corrected chi connectivity index (χ4v) is 2.90. The highest BCUT2D eigenvalue weighted by Crippen LogP contribution is 2.28. The number of hydrogen-bond acceptors (Lipinski definition) is 3. The molecule has 2 aromatic rings. The van der Waals surface area contributed by atoms with Gasteiger partial charge in [0.05, 0.1) is 20.9 Å². The lowest BCUT2D eigenvalue weighted by atomic mass is 10.1. The van der Waals surface area contributed by atoms with E-state index in [0.717, 1.165) is 28.0 Å². The average Bonchev–Trinajstić information content (AvgIpc) is 2.62. The zero-order valence-corrected chi connectivity index (χ0v) is 14.7. The topological polar surface area (TPSA) is 53.1 Å². The maximum Gasteiger partial charge on any atom is 0.134 e. The number of aromatic nitrogens is 2. The van der Waals surface area contributed by atoms with Crippen LogP contribution in [-0.4, -0.2) is 15.8 Å². The van der Waals surface area contributed by atoms with Crippen molar-refractivity contribution in [2.24, 2.45) is 12.8 Å². The molecule has 114 valence electrons. The van der Waals surface area contributed by atoms with Gasteiger partial charge in [0.1, 0.15) is 12.4 Å². The first-order valence-corrected chi connectivity index (χ1v) is 7.90. The first-order valence-electron chi connectivity index (χ1n) is 6.73. The number of halogens is 2. The van der Waals surface area contributed by atoms with Crippen molar-refractivity contribution in [3.05, 3.63) is 44.6 Å². The summed E-state index contributed by atoms with van der Waals surface area (Å²) in [5.41, 5.74) is 8.66. The van der Waals surface area contributed by atoms with E-state index < -0.39 is 0 Å². The second-order valence-electron chi connectivity index (χ2n) is 5.20. The first kappa shape index (κ1) is 16.3. The highest BCUT2D eigenvalue weighted by molar-refractivity contribution is 9.10. The molecule has 6 heteroatoms. The minimum atomic E-state index is 0.139. The summed E-state index contributed by atoms with van der Waals surface area (Å²) in [6.07, 6.45) is 0.839. The molecule has 1 aromatic carbocycles. The van der Waals surface area contributed by atoms with Crippen molar-refractivity contribution in [3.8, 4) is 5.75 Å². The Hall–Kier alpha value is -1.04. The molecule has 4 nitrogen and oxygen atoms in total. The third-order valence-corrected chi connectivity index (χ3v) is 4.29. The number of nitrogens with zero attached hydrogens (tertiary/aromatic N) is 2. The second kappa shape index (κ2) is 6.81. The normalized spacial score (nSPS) is 12.5. The predicted molar refractivity (Wildman–Crippen MR) is 88.8 cm³/mol. The van der Waals surface area contributed by atoms with Crippen LogP contribution in [-0.2, 0) is 20.1 Å². The van der Waals surface area contributed by atoms with Crippen molar-refractivity contribution in [2.75, 3.05) is 0 Å². The lowest BCUT2D eigenvalue weighted by Crippen LogP contribution is -2.17. The Morgan fingerprint density at radius 1 is 1.48 bits per heavy atom. The Balaban J connectivity index is 2.10. The minimum absolute atomic E-state index is 0.139. The minimum Gasteiger partial charge on any atom is -0.486 e. The fraction of sp³-hybridized carbons (Fsp3) is 0.400. The molecule has 2 rings (SSSR count). The Bertz CT molecular complexity index is 640. The van der Waals surface area contributed by atoms with Crippen LogP contribution in [0.25, 0.3) is 0 Å². The van der Waals surface area contributed by atoms with Crippen molar-refractivity contribution in [1.82, 2.24) is 9.78 Å². The van der Waals surface area contributed by atoms with Crippen molar-refractivity contribution >= 4 is 27.5 Å². The van der Waals surface area contributed by atoms with Crippen LogP contribution in [0.4, 0.5) is 0 Å². The van der Waals surface area contributed by atoms with E-state index in [1.807, 2.05) is 39.1 Å². The van der Waals surface area contributed by atoms with E-state index in [1.54, 1.807) is 4.68 Å². The SMILES string of the molecule is Cc1nn(C)c(COc2ccc(CC(C)N)cc2Br)c1Cl. The number of ether oxygens (including phenoxy) is 1. The molecule has 1 heterocycles. The van der Waals surface area contributed by atoms with Crippen LogP contribution in [0.3, 0.4) is 0 Å². The quantitative estimate of drug-likeness (QED) is 0.872. The predicted octanol–water partition coefficient (Wildman–Crippen LogP) is 3.61. The third kappa shape index (κ3) is 3.99. The maximum atomic E-state index is 6.21. The highest BCUT2D eigenvalue weighted by Gasteiger charge is 2.12. The summed E-state index contributed by atoms with van der Waals surface area (Å²) >= 11 is 9.75. The summed E-state index contributed by atoms with van der Waals surface area (Å²) in [6, 6.07) is 6.15. The van der Waals surface area contributed by atoms with Crippen LogP contribution in [0, 0.1) is 6.92 Å². The molecule has 0 saturated carbocycles. The number of aryl methyl sites for hydroxylation is 2. The summed E-state index contributed by atoms with van der Waals surface area (Å²) in [6.45, 7) is 4.25. The third-order valence-electron chi connectivity index (χ3n) is 3.18. The largest absolute Gasteiger partial charge is 0.486 e. The average molecular weight is 373 g/mol. The van der Waals surface area contributed by atoms with Gasteiger partial charge in [-0.05, 0) is 53.9 Å². The zero-order valence-electron chi connectivity index (χ0n) is 12.4. The molecule has 0 aliphatic carbocycles. The van der Waals surface area contributed by atoms with E-state index in [-0.39, 0.29) is 6.04 Å². The van der Waals surface area contributed by atoms with Crippen molar-refractivity contribution in [3.63, 3.8) is 0 Å². The van der Waals surface area contributed by atoms with Crippen LogP contribution in [0.2, 0.25) is 5.02 Å². The Morgan fingerprint density at radius 2 is 2.19 bits per heavy atom. The smallest absolute Gasteiger partial charge is 0.134 e. The molecular weight excluding hydrogens is 354 g/mol. The van der Waals surface area contributed by atoms with Crippen LogP contribution >= 0.6 is 27.5 Å². The molecule has 0 aliphatic heterocycles. The Kier molecular flexibility index (Phi) is 5.30. The lowest BCUT2D eigenvalue weighted by Gasteiger charge is -2.11. The first-order chi connectivity index (χ1) is 9.88. The van der Waals surface area contributed by atoms with Crippen LogP contribution in [0.15, 0.2) is 22.7 Å². The van der Waals surface area contributed by atoms with Gasteiger partial charge in [0, 0.05) is 13.1 Å². The van der Waals surface area contributed by atoms with Gasteiger partial charge in [-0.25, -0.2) is 0 Å². The molecule has 0 spiro atoms. The van der Waals surface area contributed by atoms with Gasteiger partial charge in [-0.3, -0.25) is 4.68 Å². The Labute approximate surface area is 138 Å². The number of rotatable bonds is 5. The van der Waals surface area contributed by atoms with E-state index in [4.69, 9.17) is 22.1 Å². The summed E-state index contributed by atoms with van der Waals surface area (Å²) < 4.78 is 8.49. The summed E-state index contributed by atoms with van der Waals surface area (Å²) in [4.78, 5) is 0. The van der Waals surface area contributed by atoms with Crippen LogP contribution in [0.1, 0.15) is 23.9 Å². The second-order valence-corrected chi connectivity index (χ2v) is 6.44. The number of nitrogens with two attached hydrogens (primary N) is 1. The van der Waals surface area contributed by atoms with Gasteiger partial charge in [-0.2, -0.15) is 5.10 Å². The van der Waals surface area contributed by atoms with E-state index in [1.165, 1.54) is 5.56 Å². The van der Waals surface area contributed by atoms with Gasteiger partial charge >= 0.3 is 0 Å². The molecule has 1 unspecified atom stereocenters. The summed E-state index contributed by atoms with van der Waals surface area (Å²) in [7, 11) is 1.86. The molecule has 0 fully saturated rings. The molecule has 0 radical (unpaired) electrons. The monoisotopic (exact) mass is 371 g/mol. The molecular formula is C15H19BrClN3O. The number of hydrogen-bond donors (Lipinski definition) is 1. The van der Waals surface area contributed by atoms with Crippen molar-refractivity contribution < 1.29 is 4.74 Å². The summed E-state index contributed by atoms with van der Waals surface area (Å²) in [5, 5.41) is 4.93.